The molecule has 0 radical (unpaired) electrons. The molecule has 5 heteroatoms. The van der Waals surface area contributed by atoms with Gasteiger partial charge in [0.2, 0.25) is 0 Å². The number of para-hydroxylation sites is 2. The first-order valence-electron chi connectivity index (χ1n) is 8.58. The molecule has 0 unspecified atom stereocenters. The van der Waals surface area contributed by atoms with E-state index in [-0.39, 0.29) is 0 Å². The Morgan fingerprint density at radius 2 is 1.85 bits per heavy atom. The lowest BCUT2D eigenvalue weighted by atomic mass is 10.2. The number of thioether (sulfide) groups is 1. The zero-order valence-electron chi connectivity index (χ0n) is 14.5. The molecule has 0 bridgehead atoms. The third kappa shape index (κ3) is 3.44. The molecule has 0 aliphatic heterocycles. The number of benzene rings is 2. The Morgan fingerprint density at radius 3 is 2.69 bits per heavy atom. The minimum Gasteiger partial charge on any atom is -0.330 e. The van der Waals surface area contributed by atoms with Crippen molar-refractivity contribution in [3.05, 3.63) is 91.0 Å². The molecule has 130 valence electrons. The Bertz CT molecular complexity index is 1020. The molecular formula is C21H20N4S. The van der Waals surface area contributed by atoms with Crippen LogP contribution in [-0.4, -0.2) is 19.1 Å². The van der Waals surface area contributed by atoms with Crippen molar-refractivity contribution in [3.8, 4) is 0 Å². The van der Waals surface area contributed by atoms with Crippen LogP contribution in [0.3, 0.4) is 0 Å². The summed E-state index contributed by atoms with van der Waals surface area (Å²) < 4.78 is 4.40. The highest BCUT2D eigenvalue weighted by Gasteiger charge is 2.12. The molecule has 4 nitrogen and oxygen atoms in total. The third-order valence-corrected chi connectivity index (χ3v) is 5.23. The van der Waals surface area contributed by atoms with E-state index in [4.69, 9.17) is 4.98 Å². The molecule has 0 N–H and O–H groups in total. The Balaban J connectivity index is 1.55. The van der Waals surface area contributed by atoms with Gasteiger partial charge in [-0.25, -0.2) is 9.97 Å². The summed E-state index contributed by atoms with van der Waals surface area (Å²) in [5.41, 5.74) is 3.43. The molecule has 26 heavy (non-hydrogen) atoms. The van der Waals surface area contributed by atoms with E-state index in [0.29, 0.717) is 0 Å². The Kier molecular flexibility index (Phi) is 4.88. The Morgan fingerprint density at radius 1 is 1.04 bits per heavy atom. The van der Waals surface area contributed by atoms with Crippen molar-refractivity contribution in [2.75, 3.05) is 0 Å². The summed E-state index contributed by atoms with van der Waals surface area (Å²) in [6.07, 6.45) is 5.82. The van der Waals surface area contributed by atoms with Gasteiger partial charge in [-0.05, 0) is 17.7 Å². The summed E-state index contributed by atoms with van der Waals surface area (Å²) in [6, 6.07) is 18.7. The van der Waals surface area contributed by atoms with Crippen molar-refractivity contribution in [1.82, 2.24) is 19.1 Å². The summed E-state index contributed by atoms with van der Waals surface area (Å²) in [4.78, 5) is 9.33. The number of hydrogen-bond acceptors (Lipinski definition) is 3. The van der Waals surface area contributed by atoms with Gasteiger partial charge < -0.3 is 9.13 Å². The van der Waals surface area contributed by atoms with Gasteiger partial charge in [-0.3, -0.25) is 0 Å². The Hall–Kier alpha value is -2.79. The van der Waals surface area contributed by atoms with Gasteiger partial charge in [0.1, 0.15) is 5.82 Å². The van der Waals surface area contributed by atoms with Crippen molar-refractivity contribution in [2.24, 2.45) is 0 Å². The standard InChI is InChI=1S/C21H20N4S/c1-2-13-25-19-11-7-6-10-18(19)23-21(25)26-16-20-22-12-14-24(20)15-17-8-4-3-5-9-17/h2-12,14H,1,13,15-16H2. The first-order valence-corrected chi connectivity index (χ1v) is 9.56. The van der Waals surface area contributed by atoms with Crippen LogP contribution in [-0.2, 0) is 18.8 Å². The van der Waals surface area contributed by atoms with Crippen molar-refractivity contribution in [1.29, 1.82) is 0 Å². The van der Waals surface area contributed by atoms with Crippen molar-refractivity contribution >= 4 is 22.8 Å². The maximum Gasteiger partial charge on any atom is 0.169 e. The molecule has 2 aromatic heterocycles. The second kappa shape index (κ2) is 7.62. The van der Waals surface area contributed by atoms with E-state index in [9.17, 15) is 0 Å². The van der Waals surface area contributed by atoms with Gasteiger partial charge in [-0.1, -0.05) is 60.3 Å². The monoisotopic (exact) mass is 360 g/mol. The largest absolute Gasteiger partial charge is 0.330 e. The molecule has 0 saturated heterocycles. The minimum absolute atomic E-state index is 0.751. The molecule has 0 saturated carbocycles. The van der Waals surface area contributed by atoms with E-state index >= 15 is 0 Å². The number of hydrogen-bond donors (Lipinski definition) is 0. The second-order valence-corrected chi connectivity index (χ2v) is 6.97. The fourth-order valence-corrected chi connectivity index (χ4v) is 3.99. The van der Waals surface area contributed by atoms with E-state index in [1.54, 1.807) is 11.8 Å². The fourth-order valence-electron chi connectivity index (χ4n) is 3.00. The minimum atomic E-state index is 0.751. The SMILES string of the molecule is C=CCn1c(SCc2nccn2Cc2ccccc2)nc2ccccc21. The summed E-state index contributed by atoms with van der Waals surface area (Å²) in [5, 5.41) is 1.00. The average Bonchev–Trinajstić information content (AvgIpc) is 3.26. The molecule has 4 aromatic rings. The van der Waals surface area contributed by atoms with E-state index in [2.05, 4.69) is 57.1 Å². The smallest absolute Gasteiger partial charge is 0.169 e. The van der Waals surface area contributed by atoms with Crippen LogP contribution in [0.15, 0.2) is 84.8 Å². The summed E-state index contributed by atoms with van der Waals surface area (Å²) in [6.45, 7) is 5.46. The number of nitrogens with zero attached hydrogens (tertiary/aromatic N) is 4. The van der Waals surface area contributed by atoms with Gasteiger partial charge in [0.05, 0.1) is 16.8 Å². The van der Waals surface area contributed by atoms with Gasteiger partial charge in [0.15, 0.2) is 5.16 Å². The number of imidazole rings is 2. The fraction of sp³-hybridized carbons (Fsp3) is 0.143. The van der Waals surface area contributed by atoms with Crippen LogP contribution in [0, 0.1) is 0 Å². The van der Waals surface area contributed by atoms with E-state index < -0.39 is 0 Å². The van der Waals surface area contributed by atoms with Crippen LogP contribution in [0.5, 0.6) is 0 Å². The lowest BCUT2D eigenvalue weighted by molar-refractivity contribution is 0.740. The molecule has 0 spiro atoms. The van der Waals surface area contributed by atoms with Gasteiger partial charge in [0.25, 0.3) is 0 Å². The predicted molar refractivity (Wildman–Crippen MR) is 107 cm³/mol. The Labute approximate surface area is 157 Å². The molecule has 2 heterocycles. The van der Waals surface area contributed by atoms with E-state index in [1.807, 2.05) is 36.7 Å². The van der Waals surface area contributed by atoms with Crippen LogP contribution in [0.2, 0.25) is 0 Å². The molecule has 2 aromatic carbocycles. The van der Waals surface area contributed by atoms with Crippen LogP contribution in [0.1, 0.15) is 11.4 Å². The van der Waals surface area contributed by atoms with Crippen molar-refractivity contribution in [2.45, 2.75) is 24.0 Å². The maximum absolute atomic E-state index is 4.79. The highest BCUT2D eigenvalue weighted by Crippen LogP contribution is 2.26. The van der Waals surface area contributed by atoms with Crippen LogP contribution in [0.4, 0.5) is 0 Å². The van der Waals surface area contributed by atoms with Crippen LogP contribution < -0.4 is 0 Å². The molecule has 0 amide bonds. The number of aromatic nitrogens is 4. The first kappa shape index (κ1) is 16.7. The summed E-state index contributed by atoms with van der Waals surface area (Å²) >= 11 is 1.72. The molecule has 4 rings (SSSR count). The molecule has 0 aliphatic carbocycles. The van der Waals surface area contributed by atoms with Crippen molar-refractivity contribution < 1.29 is 0 Å². The lowest BCUT2D eigenvalue weighted by Crippen LogP contribution is -2.04. The normalized spacial score (nSPS) is 11.1. The summed E-state index contributed by atoms with van der Waals surface area (Å²) in [5.74, 6) is 1.83. The zero-order valence-corrected chi connectivity index (χ0v) is 15.3. The average molecular weight is 360 g/mol. The van der Waals surface area contributed by atoms with Gasteiger partial charge >= 0.3 is 0 Å². The summed E-state index contributed by atoms with van der Waals surface area (Å²) in [7, 11) is 0. The zero-order chi connectivity index (χ0) is 17.8. The predicted octanol–water partition coefficient (Wildman–Crippen LogP) is 4.76. The van der Waals surface area contributed by atoms with Crippen LogP contribution in [0.25, 0.3) is 11.0 Å². The maximum atomic E-state index is 4.79. The molecule has 0 aliphatic rings. The quantitative estimate of drug-likeness (QED) is 0.352. The van der Waals surface area contributed by atoms with Crippen LogP contribution >= 0.6 is 11.8 Å². The topological polar surface area (TPSA) is 35.6 Å². The van der Waals surface area contributed by atoms with Crippen molar-refractivity contribution in [3.63, 3.8) is 0 Å². The molecule has 0 fully saturated rings. The lowest BCUT2D eigenvalue weighted by Gasteiger charge is -2.09. The number of fused-ring (bicyclic) bond motifs is 1. The number of allylic oxidation sites excluding steroid dienone is 1. The highest BCUT2D eigenvalue weighted by atomic mass is 32.2. The van der Waals surface area contributed by atoms with Gasteiger partial charge in [-0.2, -0.15) is 0 Å². The first-order chi connectivity index (χ1) is 12.8. The molecular weight excluding hydrogens is 340 g/mol. The number of rotatable bonds is 7. The van der Waals surface area contributed by atoms with Gasteiger partial charge in [-0.15, -0.1) is 6.58 Å². The second-order valence-electron chi connectivity index (χ2n) is 6.03. The van der Waals surface area contributed by atoms with Gasteiger partial charge in [0, 0.05) is 25.5 Å². The molecule has 0 atom stereocenters. The van der Waals surface area contributed by atoms with E-state index in [1.165, 1.54) is 5.56 Å². The highest BCUT2D eigenvalue weighted by molar-refractivity contribution is 7.98. The third-order valence-electron chi connectivity index (χ3n) is 4.26. The van der Waals surface area contributed by atoms with E-state index in [0.717, 1.165) is 40.9 Å².